The molecule has 0 aliphatic carbocycles. The van der Waals surface area contributed by atoms with Crippen molar-refractivity contribution in [3.63, 3.8) is 0 Å². The van der Waals surface area contributed by atoms with Crippen molar-refractivity contribution in [3.8, 4) is 0 Å². The Balaban J connectivity index is 1.30. The highest BCUT2D eigenvalue weighted by atomic mass is 79.9. The van der Waals surface area contributed by atoms with E-state index < -0.39 is 0 Å². The van der Waals surface area contributed by atoms with Gasteiger partial charge in [0.25, 0.3) is 5.91 Å². The number of carbonyl (C=O) groups excluding carboxylic acids is 1. The van der Waals surface area contributed by atoms with Gasteiger partial charge in [-0.2, -0.15) is 0 Å². The van der Waals surface area contributed by atoms with Crippen molar-refractivity contribution in [2.75, 3.05) is 36.4 Å². The summed E-state index contributed by atoms with van der Waals surface area (Å²) in [7, 11) is 0. The number of nitrogens with zero attached hydrogens (tertiary/aromatic N) is 2. The van der Waals surface area contributed by atoms with Crippen LogP contribution >= 0.6 is 15.9 Å². The van der Waals surface area contributed by atoms with Gasteiger partial charge in [-0.3, -0.25) is 9.69 Å². The third kappa shape index (κ3) is 5.25. The standard InChI is InChI=1S/C24H24BrN3O/c25-21-8-6-20(7-9-21)24(29)26-22-10-12-23(13-11-22)28-16-14-27(15-17-28)18-19-4-2-1-3-5-19/h1-13H,14-18H2,(H,26,29). The zero-order valence-corrected chi connectivity index (χ0v) is 17.8. The summed E-state index contributed by atoms with van der Waals surface area (Å²) < 4.78 is 0.960. The van der Waals surface area contributed by atoms with Gasteiger partial charge in [-0.1, -0.05) is 46.3 Å². The van der Waals surface area contributed by atoms with Crippen molar-refractivity contribution >= 4 is 33.2 Å². The molecule has 4 nitrogen and oxygen atoms in total. The minimum atomic E-state index is -0.0974. The predicted octanol–water partition coefficient (Wildman–Crippen LogP) is 5.02. The summed E-state index contributed by atoms with van der Waals surface area (Å²) in [6.07, 6.45) is 0. The quantitative estimate of drug-likeness (QED) is 0.593. The van der Waals surface area contributed by atoms with E-state index in [-0.39, 0.29) is 5.91 Å². The number of rotatable bonds is 5. The third-order valence-electron chi connectivity index (χ3n) is 5.22. The van der Waals surface area contributed by atoms with E-state index >= 15 is 0 Å². The summed E-state index contributed by atoms with van der Waals surface area (Å²) in [6, 6.07) is 26.1. The van der Waals surface area contributed by atoms with Gasteiger partial charge in [0.05, 0.1) is 0 Å². The molecule has 0 bridgehead atoms. The number of hydrogen-bond donors (Lipinski definition) is 1. The number of piperazine rings is 1. The van der Waals surface area contributed by atoms with Crippen LogP contribution in [0.3, 0.4) is 0 Å². The maximum Gasteiger partial charge on any atom is 0.255 e. The number of anilines is 2. The molecule has 0 saturated carbocycles. The van der Waals surface area contributed by atoms with Crippen LogP contribution < -0.4 is 10.2 Å². The van der Waals surface area contributed by atoms with Crippen LogP contribution in [0.5, 0.6) is 0 Å². The maximum atomic E-state index is 12.4. The molecule has 29 heavy (non-hydrogen) atoms. The number of amides is 1. The monoisotopic (exact) mass is 449 g/mol. The van der Waals surface area contributed by atoms with Crippen molar-refractivity contribution < 1.29 is 4.79 Å². The number of benzene rings is 3. The van der Waals surface area contributed by atoms with E-state index in [1.165, 1.54) is 11.3 Å². The van der Waals surface area contributed by atoms with Crippen LogP contribution in [0.4, 0.5) is 11.4 Å². The number of carbonyl (C=O) groups is 1. The molecule has 1 aliphatic rings. The van der Waals surface area contributed by atoms with Crippen LogP contribution in [0, 0.1) is 0 Å². The molecule has 1 amide bonds. The van der Waals surface area contributed by atoms with Gasteiger partial charge >= 0.3 is 0 Å². The van der Waals surface area contributed by atoms with Crippen molar-refractivity contribution in [1.29, 1.82) is 0 Å². The normalized spacial score (nSPS) is 14.6. The lowest BCUT2D eigenvalue weighted by molar-refractivity contribution is 0.102. The Morgan fingerprint density at radius 3 is 2.14 bits per heavy atom. The average molecular weight is 450 g/mol. The highest BCUT2D eigenvalue weighted by Crippen LogP contribution is 2.21. The topological polar surface area (TPSA) is 35.6 Å². The smallest absolute Gasteiger partial charge is 0.255 e. The van der Waals surface area contributed by atoms with Crippen LogP contribution in [0.25, 0.3) is 0 Å². The number of halogens is 1. The molecule has 0 aromatic heterocycles. The second-order valence-corrected chi connectivity index (χ2v) is 8.17. The minimum absolute atomic E-state index is 0.0974. The Bertz CT molecular complexity index is 934. The molecule has 5 heteroatoms. The highest BCUT2D eigenvalue weighted by Gasteiger charge is 2.17. The Morgan fingerprint density at radius 2 is 1.48 bits per heavy atom. The van der Waals surface area contributed by atoms with E-state index in [0.717, 1.165) is 42.9 Å². The molecule has 1 aliphatic heterocycles. The predicted molar refractivity (Wildman–Crippen MR) is 122 cm³/mol. The average Bonchev–Trinajstić information content (AvgIpc) is 2.76. The summed E-state index contributed by atoms with van der Waals surface area (Å²) in [5.41, 5.74) is 4.02. The van der Waals surface area contributed by atoms with E-state index in [1.807, 2.05) is 36.4 Å². The van der Waals surface area contributed by atoms with Gasteiger partial charge in [0.2, 0.25) is 0 Å². The molecule has 0 spiro atoms. The van der Waals surface area contributed by atoms with Crippen molar-refractivity contribution in [2.24, 2.45) is 0 Å². The van der Waals surface area contributed by atoms with Crippen LogP contribution in [0.1, 0.15) is 15.9 Å². The first-order valence-electron chi connectivity index (χ1n) is 9.85. The first-order valence-corrected chi connectivity index (χ1v) is 10.6. The van der Waals surface area contributed by atoms with Gasteiger partial charge in [0.15, 0.2) is 0 Å². The first kappa shape index (κ1) is 19.7. The Kier molecular flexibility index (Phi) is 6.27. The molecule has 1 fully saturated rings. The molecule has 3 aromatic rings. The Hall–Kier alpha value is -2.63. The number of hydrogen-bond acceptors (Lipinski definition) is 3. The van der Waals surface area contributed by atoms with Gasteiger partial charge < -0.3 is 10.2 Å². The molecule has 4 rings (SSSR count). The lowest BCUT2D eigenvalue weighted by Crippen LogP contribution is -2.45. The van der Waals surface area contributed by atoms with E-state index in [2.05, 4.69) is 73.5 Å². The third-order valence-corrected chi connectivity index (χ3v) is 5.75. The van der Waals surface area contributed by atoms with Gasteiger partial charge in [0, 0.05) is 54.1 Å². The van der Waals surface area contributed by atoms with Crippen LogP contribution in [0.2, 0.25) is 0 Å². The first-order chi connectivity index (χ1) is 14.2. The van der Waals surface area contributed by atoms with E-state index in [4.69, 9.17) is 0 Å². The summed E-state index contributed by atoms with van der Waals surface area (Å²) in [6.45, 7) is 5.14. The molecular formula is C24H24BrN3O. The van der Waals surface area contributed by atoms with Gasteiger partial charge in [-0.25, -0.2) is 0 Å². The second-order valence-electron chi connectivity index (χ2n) is 7.26. The van der Waals surface area contributed by atoms with Crippen molar-refractivity contribution in [1.82, 2.24) is 4.90 Å². The maximum absolute atomic E-state index is 12.4. The summed E-state index contributed by atoms with van der Waals surface area (Å²) >= 11 is 3.39. The molecule has 0 unspecified atom stereocenters. The molecule has 1 N–H and O–H groups in total. The van der Waals surface area contributed by atoms with E-state index in [0.29, 0.717) is 5.56 Å². The van der Waals surface area contributed by atoms with Crippen molar-refractivity contribution in [3.05, 3.63) is 94.5 Å². The highest BCUT2D eigenvalue weighted by molar-refractivity contribution is 9.10. The van der Waals surface area contributed by atoms with E-state index in [9.17, 15) is 4.79 Å². The second kappa shape index (κ2) is 9.25. The molecule has 3 aromatic carbocycles. The molecule has 148 valence electrons. The fourth-order valence-corrected chi connectivity index (χ4v) is 3.83. The molecular weight excluding hydrogens is 426 g/mol. The van der Waals surface area contributed by atoms with Gasteiger partial charge in [-0.15, -0.1) is 0 Å². The fourth-order valence-electron chi connectivity index (χ4n) is 3.57. The van der Waals surface area contributed by atoms with Gasteiger partial charge in [0.1, 0.15) is 0 Å². The van der Waals surface area contributed by atoms with Gasteiger partial charge in [-0.05, 0) is 54.1 Å². The van der Waals surface area contributed by atoms with Crippen LogP contribution in [-0.4, -0.2) is 37.0 Å². The lowest BCUT2D eigenvalue weighted by Gasteiger charge is -2.36. The van der Waals surface area contributed by atoms with Crippen LogP contribution in [-0.2, 0) is 6.54 Å². The zero-order valence-electron chi connectivity index (χ0n) is 16.2. The summed E-state index contributed by atoms with van der Waals surface area (Å²) in [4.78, 5) is 17.3. The molecule has 0 radical (unpaired) electrons. The Labute approximate surface area is 180 Å². The zero-order chi connectivity index (χ0) is 20.1. The fraction of sp³-hybridized carbons (Fsp3) is 0.208. The van der Waals surface area contributed by atoms with Crippen molar-refractivity contribution in [2.45, 2.75) is 6.54 Å². The van der Waals surface area contributed by atoms with Crippen LogP contribution in [0.15, 0.2) is 83.3 Å². The molecule has 0 atom stereocenters. The lowest BCUT2D eigenvalue weighted by atomic mass is 10.2. The van der Waals surface area contributed by atoms with E-state index in [1.54, 1.807) is 0 Å². The summed E-state index contributed by atoms with van der Waals surface area (Å²) in [5.74, 6) is -0.0974. The SMILES string of the molecule is O=C(Nc1ccc(N2CCN(Cc3ccccc3)CC2)cc1)c1ccc(Br)cc1. The Morgan fingerprint density at radius 1 is 0.828 bits per heavy atom. The summed E-state index contributed by atoms with van der Waals surface area (Å²) in [5, 5.41) is 2.96. The molecule has 1 saturated heterocycles. The number of nitrogens with one attached hydrogen (secondary N) is 1. The minimum Gasteiger partial charge on any atom is -0.369 e. The molecule has 1 heterocycles. The largest absolute Gasteiger partial charge is 0.369 e.